The number of H-pyrrole nitrogens is 1. The molecule has 0 radical (unpaired) electrons. The highest BCUT2D eigenvalue weighted by Crippen LogP contribution is 2.45. The molecule has 1 aliphatic rings. The zero-order chi connectivity index (χ0) is 21.8. The average Bonchev–Trinajstić information content (AvgIpc) is 3.31. The Morgan fingerprint density at radius 3 is 2.70 bits per heavy atom. The molecule has 1 aromatic carbocycles. The Balaban J connectivity index is 2.17. The number of allylic oxidation sites excluding steroid dienone is 1. The van der Waals surface area contributed by atoms with Crippen molar-refractivity contribution in [1.29, 1.82) is 0 Å². The van der Waals surface area contributed by atoms with Crippen LogP contribution in [0.25, 0.3) is 17.1 Å². The minimum absolute atomic E-state index is 0.293. The number of nitrogens with zero attached hydrogens (tertiary/aromatic N) is 3. The third-order valence-corrected chi connectivity index (χ3v) is 5.33. The highest BCUT2D eigenvalue weighted by molar-refractivity contribution is 5.85. The van der Waals surface area contributed by atoms with Crippen LogP contribution in [0.3, 0.4) is 0 Å². The zero-order valence-electron chi connectivity index (χ0n) is 17.5. The minimum atomic E-state index is -0.638. The van der Waals surface area contributed by atoms with Gasteiger partial charge in [-0.05, 0) is 45.4 Å². The van der Waals surface area contributed by atoms with Gasteiger partial charge in [-0.1, -0.05) is 12.7 Å². The Morgan fingerprint density at radius 1 is 1.33 bits per heavy atom. The summed E-state index contributed by atoms with van der Waals surface area (Å²) in [6.45, 7) is 10.9. The number of halogens is 2. The van der Waals surface area contributed by atoms with Gasteiger partial charge in [-0.25, -0.2) is 8.78 Å². The Morgan fingerprint density at radius 2 is 2.07 bits per heavy atom. The summed E-state index contributed by atoms with van der Waals surface area (Å²) in [7, 11) is 1.52. The molecule has 156 valence electrons. The number of rotatable bonds is 3. The van der Waals surface area contributed by atoms with Crippen molar-refractivity contribution >= 4 is 17.1 Å². The van der Waals surface area contributed by atoms with Crippen LogP contribution in [-0.2, 0) is 5.54 Å². The summed E-state index contributed by atoms with van der Waals surface area (Å²) in [6.07, 6.45) is 3.20. The second-order valence-electron chi connectivity index (χ2n) is 7.74. The molecular formula is C22H23F2N5O. The largest absolute Gasteiger partial charge is 0.494 e. The van der Waals surface area contributed by atoms with Gasteiger partial charge in [0.25, 0.3) is 0 Å². The quantitative estimate of drug-likeness (QED) is 0.695. The van der Waals surface area contributed by atoms with E-state index >= 15 is 4.39 Å². The summed E-state index contributed by atoms with van der Waals surface area (Å²) in [5, 5.41) is 12.6. The van der Waals surface area contributed by atoms with Gasteiger partial charge >= 0.3 is 0 Å². The second kappa shape index (κ2) is 6.83. The summed E-state index contributed by atoms with van der Waals surface area (Å²) < 4.78 is 37.0. The minimum Gasteiger partial charge on any atom is -0.494 e. The lowest BCUT2D eigenvalue weighted by Gasteiger charge is -2.35. The zero-order valence-corrected chi connectivity index (χ0v) is 17.5. The molecule has 0 aliphatic carbocycles. The van der Waals surface area contributed by atoms with Crippen LogP contribution in [0, 0.1) is 12.7 Å². The molecule has 2 aromatic heterocycles. The van der Waals surface area contributed by atoms with E-state index in [9.17, 15) is 4.39 Å². The van der Waals surface area contributed by atoms with Crippen molar-refractivity contribution < 1.29 is 13.5 Å². The van der Waals surface area contributed by atoms with Crippen LogP contribution in [0.5, 0.6) is 5.75 Å². The Hall–Kier alpha value is -3.42. The lowest BCUT2D eigenvalue weighted by Crippen LogP contribution is -2.37. The van der Waals surface area contributed by atoms with Crippen molar-refractivity contribution in [1.82, 2.24) is 19.7 Å². The van der Waals surface area contributed by atoms with E-state index in [1.807, 2.05) is 13.8 Å². The molecule has 0 bridgehead atoms. The Kier molecular flexibility index (Phi) is 4.52. The molecule has 30 heavy (non-hydrogen) atoms. The maximum Gasteiger partial charge on any atom is 0.162 e. The first-order valence-corrected chi connectivity index (χ1v) is 9.49. The van der Waals surface area contributed by atoms with Crippen molar-refractivity contribution in [2.24, 2.45) is 0 Å². The first-order chi connectivity index (χ1) is 14.2. The molecule has 3 aromatic rings. The van der Waals surface area contributed by atoms with Crippen LogP contribution >= 0.6 is 0 Å². The molecule has 2 N–H and O–H groups in total. The molecule has 0 saturated carbocycles. The van der Waals surface area contributed by atoms with Gasteiger partial charge in [0.05, 0.1) is 23.7 Å². The van der Waals surface area contributed by atoms with Crippen molar-refractivity contribution in [2.75, 3.05) is 12.4 Å². The molecule has 0 atom stereocenters. The van der Waals surface area contributed by atoms with E-state index in [0.29, 0.717) is 50.5 Å². The van der Waals surface area contributed by atoms with Gasteiger partial charge < -0.3 is 15.0 Å². The molecule has 0 amide bonds. The van der Waals surface area contributed by atoms with Crippen LogP contribution in [0.15, 0.2) is 31.0 Å². The predicted molar refractivity (Wildman–Crippen MR) is 112 cm³/mol. The number of hydrogen-bond acceptors (Lipinski definition) is 4. The second-order valence-corrected chi connectivity index (χ2v) is 7.74. The van der Waals surface area contributed by atoms with Crippen LogP contribution in [0.2, 0.25) is 0 Å². The molecule has 0 saturated heterocycles. The van der Waals surface area contributed by atoms with E-state index in [-0.39, 0.29) is 5.83 Å². The average molecular weight is 411 g/mol. The Labute approximate surface area is 172 Å². The summed E-state index contributed by atoms with van der Waals surface area (Å²) in [6, 6.07) is 3.11. The standard InChI is InChI=1S/C22H23F2N5O/c1-7-13(14-8-9-25-17(14)11(2)23)15-10-16(24)18-19(20(15)30-6)29-12(3)27-28-21(29)22(4,5)26-18/h7-10,25-26H,1H2,2-6H3/b14-13+,17-11-. The molecular weight excluding hydrogens is 388 g/mol. The molecule has 1 aliphatic heterocycles. The van der Waals surface area contributed by atoms with E-state index in [0.717, 1.165) is 0 Å². The molecule has 0 fully saturated rings. The highest BCUT2D eigenvalue weighted by Gasteiger charge is 2.38. The van der Waals surface area contributed by atoms with E-state index in [2.05, 4.69) is 27.1 Å². The van der Waals surface area contributed by atoms with E-state index < -0.39 is 11.4 Å². The van der Waals surface area contributed by atoms with Gasteiger partial charge in [0.15, 0.2) is 11.6 Å². The number of fused-ring (bicyclic) bond motifs is 3. The van der Waals surface area contributed by atoms with Crippen molar-refractivity contribution in [3.05, 3.63) is 64.6 Å². The van der Waals surface area contributed by atoms with Gasteiger partial charge in [0.1, 0.15) is 23.2 Å². The fourth-order valence-corrected chi connectivity index (χ4v) is 4.00. The van der Waals surface area contributed by atoms with Crippen molar-refractivity contribution in [3.8, 4) is 11.4 Å². The fourth-order valence-electron chi connectivity index (χ4n) is 4.00. The van der Waals surface area contributed by atoms with Crippen LogP contribution < -0.4 is 20.6 Å². The maximum absolute atomic E-state index is 15.4. The monoisotopic (exact) mass is 411 g/mol. The third-order valence-electron chi connectivity index (χ3n) is 5.33. The molecule has 8 heteroatoms. The Bertz CT molecular complexity index is 1300. The molecule has 3 heterocycles. The molecule has 0 spiro atoms. The van der Waals surface area contributed by atoms with E-state index in [1.54, 1.807) is 29.8 Å². The number of methoxy groups -OCH3 is 1. The first kappa shape index (κ1) is 19.9. The number of aryl methyl sites for hydroxylation is 1. The fraction of sp³-hybridized carbons (Fsp3) is 0.273. The molecule has 6 nitrogen and oxygen atoms in total. The number of aromatic nitrogens is 4. The van der Waals surface area contributed by atoms with Gasteiger partial charge in [0, 0.05) is 17.0 Å². The van der Waals surface area contributed by atoms with E-state index in [1.165, 1.54) is 20.1 Å². The number of ether oxygens (including phenoxy) is 1. The maximum atomic E-state index is 15.4. The number of hydrogen-bond donors (Lipinski definition) is 2. The number of anilines is 1. The summed E-state index contributed by atoms with van der Waals surface area (Å²) in [4.78, 5) is 2.88. The summed E-state index contributed by atoms with van der Waals surface area (Å²) in [5.74, 6) is 0.804. The predicted octanol–water partition coefficient (Wildman–Crippen LogP) is 3.19. The lowest BCUT2D eigenvalue weighted by atomic mass is 9.95. The van der Waals surface area contributed by atoms with Crippen molar-refractivity contribution in [3.63, 3.8) is 0 Å². The van der Waals surface area contributed by atoms with Crippen LogP contribution in [-0.4, -0.2) is 26.9 Å². The van der Waals surface area contributed by atoms with E-state index in [4.69, 9.17) is 4.74 Å². The lowest BCUT2D eigenvalue weighted by molar-refractivity contribution is 0.406. The van der Waals surface area contributed by atoms with Crippen LogP contribution in [0.1, 0.15) is 38.0 Å². The first-order valence-electron chi connectivity index (χ1n) is 9.49. The third kappa shape index (κ3) is 2.74. The summed E-state index contributed by atoms with van der Waals surface area (Å²) in [5.41, 5.74) is 1.12. The molecule has 0 unspecified atom stereocenters. The van der Waals surface area contributed by atoms with Gasteiger partial charge in [0.2, 0.25) is 0 Å². The summed E-state index contributed by atoms with van der Waals surface area (Å²) >= 11 is 0. The highest BCUT2D eigenvalue weighted by atomic mass is 19.1. The topological polar surface area (TPSA) is 67.8 Å². The van der Waals surface area contributed by atoms with Crippen molar-refractivity contribution in [2.45, 2.75) is 33.2 Å². The number of aromatic amines is 1. The normalized spacial score (nSPS) is 16.2. The molecule has 4 rings (SSSR count). The van der Waals surface area contributed by atoms with Gasteiger partial charge in [-0.2, -0.15) is 0 Å². The van der Waals surface area contributed by atoms with Gasteiger partial charge in [-0.15, -0.1) is 10.2 Å². The van der Waals surface area contributed by atoms with Gasteiger partial charge in [-0.3, -0.25) is 4.57 Å². The van der Waals surface area contributed by atoms with Crippen LogP contribution in [0.4, 0.5) is 14.5 Å². The smallest absolute Gasteiger partial charge is 0.162 e. The number of nitrogens with one attached hydrogen (secondary N) is 2. The SMILES string of the molecule is C=C/C(c1cc(F)c2c(c1OC)-n1c(C)nnc1C(C)(C)N2)=c1/cc[nH]/c1=C(/C)F. The number of benzene rings is 1.